The lowest BCUT2D eigenvalue weighted by molar-refractivity contribution is 0.0651. The monoisotopic (exact) mass is 485 g/mol. The summed E-state index contributed by atoms with van der Waals surface area (Å²) in [7, 11) is 0. The SMILES string of the molecule is Cc1ccc(NC(=O)O[C@@H](c2cc(Br)cc(Br)c2O)[C@@H](C)CCO)cc1. The van der Waals surface area contributed by atoms with Crippen LogP contribution in [0.3, 0.4) is 0 Å². The quantitative estimate of drug-likeness (QED) is 0.501. The molecule has 7 heteroatoms. The molecule has 0 saturated carbocycles. The lowest BCUT2D eigenvalue weighted by Crippen LogP contribution is -2.22. The van der Waals surface area contributed by atoms with Crippen molar-refractivity contribution in [1.82, 2.24) is 0 Å². The van der Waals surface area contributed by atoms with Crippen LogP contribution in [-0.4, -0.2) is 22.9 Å². The summed E-state index contributed by atoms with van der Waals surface area (Å²) in [6, 6.07) is 10.8. The van der Waals surface area contributed by atoms with Gasteiger partial charge in [-0.25, -0.2) is 4.79 Å². The van der Waals surface area contributed by atoms with Gasteiger partial charge in [-0.05, 0) is 59.5 Å². The second-order valence-electron chi connectivity index (χ2n) is 6.13. The highest BCUT2D eigenvalue weighted by Crippen LogP contribution is 2.40. The molecule has 0 radical (unpaired) electrons. The summed E-state index contributed by atoms with van der Waals surface area (Å²) in [5.41, 5.74) is 2.17. The molecule has 2 aromatic carbocycles. The van der Waals surface area contributed by atoms with E-state index in [-0.39, 0.29) is 18.3 Å². The van der Waals surface area contributed by atoms with Gasteiger partial charge in [0.15, 0.2) is 0 Å². The van der Waals surface area contributed by atoms with Crippen LogP contribution in [0, 0.1) is 12.8 Å². The number of nitrogens with one attached hydrogen (secondary N) is 1. The average molecular weight is 487 g/mol. The Hall–Kier alpha value is -1.57. The first-order valence-corrected chi connectivity index (χ1v) is 9.73. The minimum Gasteiger partial charge on any atom is -0.506 e. The van der Waals surface area contributed by atoms with Crippen molar-refractivity contribution >= 4 is 43.6 Å². The van der Waals surface area contributed by atoms with Crippen LogP contribution in [0.5, 0.6) is 5.75 Å². The number of carbonyl (C=O) groups excluding carboxylic acids is 1. The molecule has 0 unspecified atom stereocenters. The van der Waals surface area contributed by atoms with E-state index in [2.05, 4.69) is 37.2 Å². The Bertz CT molecular complexity index is 765. The van der Waals surface area contributed by atoms with Crippen LogP contribution >= 0.6 is 31.9 Å². The van der Waals surface area contributed by atoms with E-state index in [9.17, 15) is 15.0 Å². The first-order chi connectivity index (χ1) is 12.3. The van der Waals surface area contributed by atoms with Gasteiger partial charge in [-0.15, -0.1) is 0 Å². The Balaban J connectivity index is 2.25. The second kappa shape index (κ2) is 9.39. The number of carbonyl (C=O) groups is 1. The Morgan fingerprint density at radius 1 is 1.23 bits per heavy atom. The zero-order valence-electron chi connectivity index (χ0n) is 14.5. The van der Waals surface area contributed by atoms with Crippen molar-refractivity contribution in [2.75, 3.05) is 11.9 Å². The predicted octanol–water partition coefficient (Wildman–Crippen LogP) is 5.53. The maximum absolute atomic E-state index is 12.4. The van der Waals surface area contributed by atoms with E-state index >= 15 is 0 Å². The number of aliphatic hydroxyl groups excluding tert-OH is 1. The van der Waals surface area contributed by atoms with Gasteiger partial charge in [0.1, 0.15) is 11.9 Å². The van der Waals surface area contributed by atoms with E-state index in [1.54, 1.807) is 24.3 Å². The first kappa shape index (κ1) is 20.7. The maximum Gasteiger partial charge on any atom is 0.412 e. The van der Waals surface area contributed by atoms with E-state index in [1.807, 2.05) is 26.0 Å². The van der Waals surface area contributed by atoms with Gasteiger partial charge < -0.3 is 14.9 Å². The molecule has 5 nitrogen and oxygen atoms in total. The summed E-state index contributed by atoms with van der Waals surface area (Å²) in [6.07, 6.45) is -0.924. The van der Waals surface area contributed by atoms with Gasteiger partial charge in [-0.2, -0.15) is 0 Å². The Labute approximate surface area is 169 Å². The zero-order valence-corrected chi connectivity index (χ0v) is 17.7. The Kier molecular flexibility index (Phi) is 7.49. The maximum atomic E-state index is 12.4. The largest absolute Gasteiger partial charge is 0.506 e. The van der Waals surface area contributed by atoms with E-state index < -0.39 is 12.2 Å². The molecule has 0 fully saturated rings. The number of benzene rings is 2. The topological polar surface area (TPSA) is 78.8 Å². The number of ether oxygens (including phenoxy) is 1. The first-order valence-electron chi connectivity index (χ1n) is 8.15. The Morgan fingerprint density at radius 3 is 2.50 bits per heavy atom. The van der Waals surface area contributed by atoms with Crippen molar-refractivity contribution in [2.24, 2.45) is 5.92 Å². The summed E-state index contributed by atoms with van der Waals surface area (Å²) >= 11 is 6.68. The van der Waals surface area contributed by atoms with Crippen molar-refractivity contribution in [1.29, 1.82) is 0 Å². The number of anilines is 1. The number of aryl methyl sites for hydroxylation is 1. The molecule has 1 amide bonds. The number of amides is 1. The molecule has 0 aliphatic heterocycles. The van der Waals surface area contributed by atoms with Gasteiger partial charge in [0.25, 0.3) is 0 Å². The van der Waals surface area contributed by atoms with Crippen molar-refractivity contribution in [3.8, 4) is 5.75 Å². The highest BCUT2D eigenvalue weighted by atomic mass is 79.9. The zero-order chi connectivity index (χ0) is 19.3. The number of hydrogen-bond donors (Lipinski definition) is 3. The number of hydrogen-bond acceptors (Lipinski definition) is 4. The molecule has 0 aliphatic carbocycles. The fraction of sp³-hybridized carbons (Fsp3) is 0.316. The normalized spacial score (nSPS) is 13.1. The van der Waals surface area contributed by atoms with E-state index in [1.165, 1.54) is 0 Å². The van der Waals surface area contributed by atoms with Crippen LogP contribution in [0.2, 0.25) is 0 Å². The van der Waals surface area contributed by atoms with Gasteiger partial charge in [0.2, 0.25) is 0 Å². The van der Waals surface area contributed by atoms with Crippen LogP contribution in [0.4, 0.5) is 10.5 Å². The molecule has 2 atom stereocenters. The standard InChI is InChI=1S/C19H21Br2NO4/c1-11-3-5-14(6-4-11)22-19(25)26-18(12(2)7-8-23)15-9-13(20)10-16(21)17(15)24/h3-6,9-10,12,18,23-24H,7-8H2,1-2H3,(H,22,25)/t12-,18+/m0/s1. The van der Waals surface area contributed by atoms with Gasteiger partial charge >= 0.3 is 6.09 Å². The minimum atomic E-state index is -0.721. The smallest absolute Gasteiger partial charge is 0.412 e. The van der Waals surface area contributed by atoms with Gasteiger partial charge in [-0.3, -0.25) is 5.32 Å². The number of aromatic hydroxyl groups is 1. The molecule has 0 aromatic heterocycles. The number of phenols is 1. The summed E-state index contributed by atoms with van der Waals surface area (Å²) in [4.78, 5) is 12.4. The minimum absolute atomic E-state index is 0.00567. The third-order valence-corrected chi connectivity index (χ3v) is 5.06. The molecule has 3 N–H and O–H groups in total. The van der Waals surface area contributed by atoms with E-state index in [0.717, 1.165) is 10.0 Å². The van der Waals surface area contributed by atoms with Crippen LogP contribution in [0.1, 0.15) is 30.6 Å². The van der Waals surface area contributed by atoms with Crippen LogP contribution in [-0.2, 0) is 4.74 Å². The number of aliphatic hydroxyl groups is 1. The van der Waals surface area contributed by atoms with Crippen molar-refractivity contribution in [2.45, 2.75) is 26.4 Å². The van der Waals surface area contributed by atoms with Crippen molar-refractivity contribution in [3.05, 3.63) is 56.5 Å². The van der Waals surface area contributed by atoms with Gasteiger partial charge in [0, 0.05) is 22.3 Å². The lowest BCUT2D eigenvalue weighted by Gasteiger charge is -2.25. The summed E-state index contributed by atoms with van der Waals surface area (Å²) in [5.74, 6) is -0.193. The lowest BCUT2D eigenvalue weighted by atomic mass is 9.94. The van der Waals surface area contributed by atoms with E-state index in [0.29, 0.717) is 22.1 Å². The molecule has 0 heterocycles. The summed E-state index contributed by atoms with van der Waals surface area (Å²) < 4.78 is 6.84. The molecular formula is C19H21Br2NO4. The van der Waals surface area contributed by atoms with Crippen LogP contribution in [0.15, 0.2) is 45.3 Å². The number of halogens is 2. The van der Waals surface area contributed by atoms with Crippen molar-refractivity contribution in [3.63, 3.8) is 0 Å². The molecule has 140 valence electrons. The summed E-state index contributed by atoms with van der Waals surface area (Å²) in [6.45, 7) is 3.77. The fourth-order valence-corrected chi connectivity index (χ4v) is 3.80. The fourth-order valence-electron chi connectivity index (χ4n) is 2.54. The van der Waals surface area contributed by atoms with Crippen LogP contribution < -0.4 is 5.32 Å². The molecule has 0 bridgehead atoms. The van der Waals surface area contributed by atoms with Gasteiger partial charge in [0.05, 0.1) is 4.47 Å². The number of phenolic OH excluding ortho intramolecular Hbond substituents is 1. The molecule has 0 spiro atoms. The average Bonchev–Trinajstić information content (AvgIpc) is 2.58. The number of rotatable bonds is 6. The second-order valence-corrected chi connectivity index (χ2v) is 7.90. The third-order valence-electron chi connectivity index (χ3n) is 4.00. The molecular weight excluding hydrogens is 466 g/mol. The molecule has 0 aliphatic rings. The predicted molar refractivity (Wildman–Crippen MR) is 108 cm³/mol. The van der Waals surface area contributed by atoms with E-state index in [4.69, 9.17) is 4.74 Å². The molecule has 2 rings (SSSR count). The third kappa shape index (κ3) is 5.46. The highest BCUT2D eigenvalue weighted by Gasteiger charge is 2.27. The molecule has 0 saturated heterocycles. The van der Waals surface area contributed by atoms with Crippen molar-refractivity contribution < 1.29 is 19.7 Å². The Morgan fingerprint density at radius 2 is 1.88 bits per heavy atom. The van der Waals surface area contributed by atoms with Gasteiger partial charge in [-0.1, -0.05) is 40.5 Å². The van der Waals surface area contributed by atoms with Crippen LogP contribution in [0.25, 0.3) is 0 Å². The highest BCUT2D eigenvalue weighted by molar-refractivity contribution is 9.11. The molecule has 26 heavy (non-hydrogen) atoms. The molecule has 2 aromatic rings. The summed E-state index contributed by atoms with van der Waals surface area (Å²) in [5, 5.41) is 22.4.